The van der Waals surface area contributed by atoms with Crippen molar-refractivity contribution in [3.63, 3.8) is 0 Å². The van der Waals surface area contributed by atoms with E-state index in [2.05, 4.69) is 15.4 Å². The first-order chi connectivity index (χ1) is 15.1. The van der Waals surface area contributed by atoms with Crippen molar-refractivity contribution < 1.29 is 31.1 Å². The van der Waals surface area contributed by atoms with Crippen LogP contribution in [0.4, 0.5) is 18.9 Å². The Bertz CT molecular complexity index is 1270. The lowest BCUT2D eigenvalue weighted by atomic mass is 10.3. The first-order valence-corrected chi connectivity index (χ1v) is 10.9. The largest absolute Gasteiger partial charge is 0.433 e. The van der Waals surface area contributed by atoms with Crippen LogP contribution in [0.1, 0.15) is 21.9 Å². The van der Waals surface area contributed by atoms with Crippen LogP contribution in [0, 0.1) is 6.92 Å². The van der Waals surface area contributed by atoms with Crippen molar-refractivity contribution in [2.24, 2.45) is 0 Å². The van der Waals surface area contributed by atoms with Crippen LogP contribution < -0.4 is 5.32 Å². The number of alkyl halides is 3. The zero-order chi connectivity index (χ0) is 23.1. The topological polar surface area (TPSA) is 106 Å². The van der Waals surface area contributed by atoms with Gasteiger partial charge in [0.15, 0.2) is 11.3 Å². The van der Waals surface area contributed by atoms with E-state index in [0.29, 0.717) is 17.7 Å². The highest BCUT2D eigenvalue weighted by atomic mass is 32.2. The number of nitrogens with one attached hydrogen (secondary N) is 1. The third kappa shape index (κ3) is 4.31. The predicted octanol–water partition coefficient (Wildman–Crippen LogP) is 2.33. The second kappa shape index (κ2) is 8.15. The molecule has 0 radical (unpaired) electrons. The molecule has 3 aromatic rings. The third-order valence-corrected chi connectivity index (χ3v) is 6.71. The molecular formula is C19H18F3N5O4S. The fraction of sp³-hybridized carbons (Fsp3) is 0.316. The van der Waals surface area contributed by atoms with E-state index < -0.39 is 27.8 Å². The van der Waals surface area contributed by atoms with Gasteiger partial charge < -0.3 is 10.1 Å². The van der Waals surface area contributed by atoms with E-state index in [0.717, 1.165) is 12.1 Å². The van der Waals surface area contributed by atoms with Crippen molar-refractivity contribution in [2.75, 3.05) is 31.6 Å². The predicted molar refractivity (Wildman–Crippen MR) is 107 cm³/mol. The van der Waals surface area contributed by atoms with Gasteiger partial charge in [0.2, 0.25) is 10.0 Å². The molecule has 0 unspecified atom stereocenters. The summed E-state index contributed by atoms with van der Waals surface area (Å²) in [5.41, 5.74) is -1.04. The van der Waals surface area contributed by atoms with E-state index in [9.17, 15) is 26.4 Å². The zero-order valence-corrected chi connectivity index (χ0v) is 17.6. The molecule has 4 rings (SSSR count). The summed E-state index contributed by atoms with van der Waals surface area (Å²) < 4.78 is 72.2. The maximum atomic E-state index is 13.3. The SMILES string of the molecule is Cc1cc(C(F)(F)F)n2nc(C(=O)Nc3ccc(S(=O)(=O)N4CCOCC4)cc3)cc2n1. The Kier molecular flexibility index (Phi) is 5.65. The van der Waals surface area contributed by atoms with Gasteiger partial charge in [0.1, 0.15) is 5.69 Å². The number of anilines is 1. The van der Waals surface area contributed by atoms with Gasteiger partial charge in [0.25, 0.3) is 5.91 Å². The van der Waals surface area contributed by atoms with E-state index in [1.807, 2.05) is 0 Å². The first-order valence-electron chi connectivity index (χ1n) is 9.50. The number of sulfonamides is 1. The van der Waals surface area contributed by atoms with Crippen molar-refractivity contribution in [1.29, 1.82) is 0 Å². The quantitative estimate of drug-likeness (QED) is 0.629. The molecule has 0 saturated carbocycles. The summed E-state index contributed by atoms with van der Waals surface area (Å²) in [5.74, 6) is -0.759. The molecule has 1 aliphatic rings. The molecule has 0 spiro atoms. The molecule has 170 valence electrons. The van der Waals surface area contributed by atoms with Gasteiger partial charge in [-0.15, -0.1) is 0 Å². The summed E-state index contributed by atoms with van der Waals surface area (Å²) in [6.45, 7) is 2.55. The highest BCUT2D eigenvalue weighted by molar-refractivity contribution is 7.89. The molecule has 1 N–H and O–H groups in total. The molecule has 1 saturated heterocycles. The number of ether oxygens (including phenoxy) is 1. The standard InChI is InChI=1S/C19H18F3N5O4S/c1-12-10-16(19(20,21)22)27-17(23-12)11-15(25-27)18(28)24-13-2-4-14(5-3-13)32(29,30)26-6-8-31-9-7-26/h2-5,10-11H,6-9H2,1H3,(H,24,28). The fourth-order valence-electron chi connectivity index (χ4n) is 3.25. The van der Waals surface area contributed by atoms with Crippen molar-refractivity contribution in [2.45, 2.75) is 18.0 Å². The zero-order valence-electron chi connectivity index (χ0n) is 16.8. The lowest BCUT2D eigenvalue weighted by Gasteiger charge is -2.26. The van der Waals surface area contributed by atoms with Crippen LogP contribution in [-0.2, 0) is 20.9 Å². The molecule has 13 heteroatoms. The van der Waals surface area contributed by atoms with Gasteiger partial charge >= 0.3 is 6.18 Å². The van der Waals surface area contributed by atoms with Gasteiger partial charge in [-0.25, -0.2) is 17.9 Å². The van der Waals surface area contributed by atoms with Gasteiger partial charge in [-0.2, -0.15) is 22.6 Å². The normalized spacial score (nSPS) is 15.8. The Morgan fingerprint density at radius 2 is 1.78 bits per heavy atom. The van der Waals surface area contributed by atoms with Gasteiger partial charge in [0, 0.05) is 30.5 Å². The molecule has 1 amide bonds. The van der Waals surface area contributed by atoms with E-state index >= 15 is 0 Å². The van der Waals surface area contributed by atoms with E-state index in [-0.39, 0.29) is 40.7 Å². The van der Waals surface area contributed by atoms with Crippen LogP contribution in [0.3, 0.4) is 0 Å². The van der Waals surface area contributed by atoms with E-state index in [1.165, 1.54) is 35.5 Å². The molecule has 9 nitrogen and oxygen atoms in total. The Balaban J connectivity index is 1.55. The molecule has 0 bridgehead atoms. The number of nitrogens with zero attached hydrogens (tertiary/aromatic N) is 4. The number of carbonyl (C=O) groups excluding carboxylic acids is 1. The van der Waals surface area contributed by atoms with Crippen LogP contribution >= 0.6 is 0 Å². The lowest BCUT2D eigenvalue weighted by Crippen LogP contribution is -2.40. The summed E-state index contributed by atoms with van der Waals surface area (Å²) in [5, 5.41) is 6.24. The van der Waals surface area contributed by atoms with Crippen LogP contribution in [-0.4, -0.2) is 59.5 Å². The molecule has 2 aromatic heterocycles. The van der Waals surface area contributed by atoms with Crippen LogP contribution in [0.5, 0.6) is 0 Å². The number of aromatic nitrogens is 3. The second-order valence-corrected chi connectivity index (χ2v) is 9.01. The summed E-state index contributed by atoms with van der Waals surface area (Å²) in [4.78, 5) is 16.6. The second-order valence-electron chi connectivity index (χ2n) is 7.08. The Labute approximate surface area is 180 Å². The maximum absolute atomic E-state index is 13.3. The Hall–Kier alpha value is -3.03. The lowest BCUT2D eigenvalue weighted by molar-refractivity contribution is -0.142. The van der Waals surface area contributed by atoms with Gasteiger partial charge in [0.05, 0.1) is 18.1 Å². The molecule has 1 aromatic carbocycles. The number of amides is 1. The van der Waals surface area contributed by atoms with Crippen molar-refractivity contribution in [3.05, 3.63) is 53.5 Å². The number of fused-ring (bicyclic) bond motifs is 1. The average molecular weight is 469 g/mol. The number of morpholine rings is 1. The minimum Gasteiger partial charge on any atom is -0.379 e. The fourth-order valence-corrected chi connectivity index (χ4v) is 4.66. The Morgan fingerprint density at radius 1 is 1.12 bits per heavy atom. The van der Waals surface area contributed by atoms with Crippen LogP contribution in [0.15, 0.2) is 41.3 Å². The average Bonchev–Trinajstić information content (AvgIpc) is 3.17. The summed E-state index contributed by atoms with van der Waals surface area (Å²) >= 11 is 0. The van der Waals surface area contributed by atoms with Gasteiger partial charge in [-0.3, -0.25) is 4.79 Å². The van der Waals surface area contributed by atoms with Crippen LogP contribution in [0.2, 0.25) is 0 Å². The third-order valence-electron chi connectivity index (χ3n) is 4.80. The first kappa shape index (κ1) is 22.2. The number of hydrogen-bond acceptors (Lipinski definition) is 6. The van der Waals surface area contributed by atoms with Gasteiger partial charge in [-0.1, -0.05) is 0 Å². The van der Waals surface area contributed by atoms with Crippen molar-refractivity contribution >= 4 is 27.3 Å². The van der Waals surface area contributed by atoms with Gasteiger partial charge in [-0.05, 0) is 37.3 Å². The highest BCUT2D eigenvalue weighted by Gasteiger charge is 2.35. The summed E-state index contributed by atoms with van der Waals surface area (Å²) in [6, 6.07) is 7.47. The number of carbonyl (C=O) groups is 1. The number of halogens is 3. The smallest absolute Gasteiger partial charge is 0.379 e. The molecule has 1 aliphatic heterocycles. The minimum atomic E-state index is -4.67. The number of rotatable bonds is 4. The molecular weight excluding hydrogens is 451 g/mol. The minimum absolute atomic E-state index is 0.0552. The maximum Gasteiger partial charge on any atom is 0.433 e. The molecule has 0 atom stereocenters. The number of aryl methyl sites for hydroxylation is 1. The summed E-state index contributed by atoms with van der Waals surface area (Å²) in [6.07, 6.45) is -4.67. The molecule has 3 heterocycles. The van der Waals surface area contributed by atoms with Crippen molar-refractivity contribution in [3.8, 4) is 0 Å². The van der Waals surface area contributed by atoms with Crippen molar-refractivity contribution in [1.82, 2.24) is 18.9 Å². The summed E-state index contributed by atoms with van der Waals surface area (Å²) in [7, 11) is -3.69. The molecule has 0 aliphatic carbocycles. The van der Waals surface area contributed by atoms with E-state index in [4.69, 9.17) is 4.74 Å². The molecule has 32 heavy (non-hydrogen) atoms. The highest BCUT2D eigenvalue weighted by Crippen LogP contribution is 2.30. The Morgan fingerprint density at radius 3 is 2.41 bits per heavy atom. The molecule has 1 fully saturated rings. The van der Waals surface area contributed by atoms with Crippen LogP contribution in [0.25, 0.3) is 5.65 Å². The van der Waals surface area contributed by atoms with E-state index in [1.54, 1.807) is 0 Å². The monoisotopic (exact) mass is 469 g/mol. The number of benzene rings is 1. The number of hydrogen-bond donors (Lipinski definition) is 1.